The van der Waals surface area contributed by atoms with E-state index in [1.165, 1.54) is 4.90 Å². The normalized spacial score (nSPS) is 25.3. The zero-order valence-corrected chi connectivity index (χ0v) is 9.99. The number of ether oxygens (including phenoxy) is 1. The van der Waals surface area contributed by atoms with Gasteiger partial charge in [-0.3, -0.25) is 4.90 Å². The molecule has 1 aliphatic heterocycles. The van der Waals surface area contributed by atoms with Gasteiger partial charge in [0.05, 0.1) is 12.7 Å². The van der Waals surface area contributed by atoms with Gasteiger partial charge in [0.25, 0.3) is 0 Å². The summed E-state index contributed by atoms with van der Waals surface area (Å²) in [6.07, 6.45) is 0.688. The summed E-state index contributed by atoms with van der Waals surface area (Å²) in [5.41, 5.74) is -1.68. The molecule has 1 amide bonds. The number of carbonyl (C=O) groups excluding carboxylic acids is 1. The van der Waals surface area contributed by atoms with Crippen LogP contribution in [0.4, 0.5) is 4.79 Å². The molecule has 0 aromatic heterocycles. The first-order valence-corrected chi connectivity index (χ1v) is 5.37. The minimum atomic E-state index is -1.09. The van der Waals surface area contributed by atoms with E-state index in [0.29, 0.717) is 19.4 Å². The van der Waals surface area contributed by atoms with Crippen LogP contribution in [0.3, 0.4) is 0 Å². The van der Waals surface area contributed by atoms with Gasteiger partial charge in [-0.15, -0.1) is 0 Å². The molecule has 0 aromatic rings. The Kier molecular flexibility index (Phi) is 3.44. The zero-order chi connectivity index (χ0) is 12.4. The van der Waals surface area contributed by atoms with E-state index >= 15 is 0 Å². The minimum Gasteiger partial charge on any atom is -0.444 e. The maximum Gasteiger partial charge on any atom is 0.411 e. The third kappa shape index (κ3) is 2.45. The van der Waals surface area contributed by atoms with E-state index in [4.69, 9.17) is 10.00 Å². The first-order valence-electron chi connectivity index (χ1n) is 5.37. The van der Waals surface area contributed by atoms with Crippen molar-refractivity contribution < 1.29 is 14.6 Å². The van der Waals surface area contributed by atoms with Gasteiger partial charge < -0.3 is 9.84 Å². The van der Waals surface area contributed by atoms with Crippen LogP contribution in [-0.2, 0) is 4.74 Å². The van der Waals surface area contributed by atoms with Crippen molar-refractivity contribution in [3.05, 3.63) is 0 Å². The van der Waals surface area contributed by atoms with Gasteiger partial charge in [-0.05, 0) is 33.6 Å². The third-order valence-corrected chi connectivity index (χ3v) is 2.57. The number of nitriles is 1. The highest BCUT2D eigenvalue weighted by molar-refractivity contribution is 5.70. The molecule has 0 bridgehead atoms. The monoisotopic (exact) mass is 226 g/mol. The van der Waals surface area contributed by atoms with Gasteiger partial charge in [-0.25, -0.2) is 4.79 Å². The largest absolute Gasteiger partial charge is 0.444 e. The summed E-state index contributed by atoms with van der Waals surface area (Å²) in [6.45, 7) is 5.43. The lowest BCUT2D eigenvalue weighted by atomic mass is 10.00. The van der Waals surface area contributed by atoms with E-state index in [2.05, 4.69) is 0 Å². The molecule has 0 saturated carbocycles. The average Bonchev–Trinajstić information content (AvgIpc) is 2.59. The van der Waals surface area contributed by atoms with E-state index in [0.717, 1.165) is 0 Å². The molecule has 1 aliphatic rings. The Bertz CT molecular complexity index is 316. The van der Waals surface area contributed by atoms with Crippen LogP contribution in [0.1, 0.15) is 33.6 Å². The van der Waals surface area contributed by atoms with Crippen molar-refractivity contribution in [1.82, 2.24) is 4.90 Å². The van der Waals surface area contributed by atoms with Crippen molar-refractivity contribution in [1.29, 1.82) is 5.26 Å². The average molecular weight is 226 g/mol. The second-order valence-corrected chi connectivity index (χ2v) is 5.04. The molecule has 1 N–H and O–H groups in total. The molecule has 5 nitrogen and oxygen atoms in total. The van der Waals surface area contributed by atoms with E-state index in [1.807, 2.05) is 6.07 Å². The molecule has 1 fully saturated rings. The van der Waals surface area contributed by atoms with E-state index in [9.17, 15) is 9.90 Å². The molecule has 1 unspecified atom stereocenters. The Morgan fingerprint density at radius 3 is 2.69 bits per heavy atom. The fourth-order valence-corrected chi connectivity index (χ4v) is 1.78. The highest BCUT2D eigenvalue weighted by Gasteiger charge is 2.45. The topological polar surface area (TPSA) is 73.6 Å². The summed E-state index contributed by atoms with van der Waals surface area (Å²) in [4.78, 5) is 13.2. The number of hydrogen-bond acceptors (Lipinski definition) is 4. The lowest BCUT2D eigenvalue weighted by Gasteiger charge is -2.32. The smallest absolute Gasteiger partial charge is 0.411 e. The zero-order valence-electron chi connectivity index (χ0n) is 9.99. The van der Waals surface area contributed by atoms with Crippen molar-refractivity contribution in [2.24, 2.45) is 0 Å². The number of carbonyl (C=O) groups is 1. The van der Waals surface area contributed by atoms with Crippen LogP contribution >= 0.6 is 0 Å². The van der Waals surface area contributed by atoms with Crippen LogP contribution in [0.5, 0.6) is 0 Å². The fourth-order valence-electron chi connectivity index (χ4n) is 1.78. The second kappa shape index (κ2) is 4.30. The molecule has 1 rings (SSSR count). The number of hydrogen-bond donors (Lipinski definition) is 1. The molecule has 16 heavy (non-hydrogen) atoms. The number of rotatable bonds is 1. The van der Waals surface area contributed by atoms with E-state index in [-0.39, 0.29) is 6.61 Å². The van der Waals surface area contributed by atoms with Gasteiger partial charge in [0.2, 0.25) is 0 Å². The fraction of sp³-hybridized carbons (Fsp3) is 0.818. The molecular weight excluding hydrogens is 208 g/mol. The van der Waals surface area contributed by atoms with Gasteiger partial charge in [-0.2, -0.15) is 5.26 Å². The van der Waals surface area contributed by atoms with Crippen LogP contribution in [0.15, 0.2) is 0 Å². The molecule has 1 heterocycles. The Hall–Kier alpha value is -1.28. The molecule has 0 aromatic carbocycles. The van der Waals surface area contributed by atoms with Crippen molar-refractivity contribution >= 4 is 6.09 Å². The van der Waals surface area contributed by atoms with Crippen LogP contribution in [-0.4, -0.2) is 40.4 Å². The van der Waals surface area contributed by atoms with Crippen molar-refractivity contribution in [2.45, 2.75) is 44.8 Å². The highest BCUT2D eigenvalue weighted by Crippen LogP contribution is 2.29. The van der Waals surface area contributed by atoms with Gasteiger partial charge in [0.15, 0.2) is 5.54 Å². The molecule has 0 spiro atoms. The van der Waals surface area contributed by atoms with Crippen LogP contribution in [0, 0.1) is 11.3 Å². The second-order valence-electron chi connectivity index (χ2n) is 5.04. The number of aliphatic hydroxyl groups is 1. The maximum absolute atomic E-state index is 11.8. The predicted molar refractivity (Wildman–Crippen MR) is 57.6 cm³/mol. The lowest BCUT2D eigenvalue weighted by molar-refractivity contribution is 0.00736. The van der Waals surface area contributed by atoms with E-state index in [1.54, 1.807) is 20.8 Å². The highest BCUT2D eigenvalue weighted by atomic mass is 16.6. The summed E-state index contributed by atoms with van der Waals surface area (Å²) in [6, 6.07) is 2.02. The molecule has 1 atom stereocenters. The summed E-state index contributed by atoms with van der Waals surface area (Å²) < 4.78 is 5.21. The van der Waals surface area contributed by atoms with Crippen LogP contribution in [0.2, 0.25) is 0 Å². The molecular formula is C11H18N2O3. The van der Waals surface area contributed by atoms with Gasteiger partial charge in [0, 0.05) is 6.54 Å². The Morgan fingerprint density at radius 2 is 2.25 bits per heavy atom. The number of nitrogens with zero attached hydrogens (tertiary/aromatic N) is 2. The lowest BCUT2D eigenvalue weighted by Crippen LogP contribution is -2.50. The minimum absolute atomic E-state index is 0.345. The van der Waals surface area contributed by atoms with Gasteiger partial charge >= 0.3 is 6.09 Å². The Morgan fingerprint density at radius 1 is 1.62 bits per heavy atom. The summed E-state index contributed by atoms with van der Waals surface area (Å²) in [5.74, 6) is 0. The molecule has 90 valence electrons. The summed E-state index contributed by atoms with van der Waals surface area (Å²) >= 11 is 0. The Balaban J connectivity index is 2.80. The first-order chi connectivity index (χ1) is 7.34. The third-order valence-electron chi connectivity index (χ3n) is 2.57. The van der Waals surface area contributed by atoms with Gasteiger partial charge in [-0.1, -0.05) is 0 Å². The Labute approximate surface area is 95.6 Å². The quantitative estimate of drug-likeness (QED) is 0.730. The SMILES string of the molecule is CC(C)(C)OC(=O)N1CCCC1(C#N)CO. The number of likely N-dealkylation sites (tertiary alicyclic amines) is 1. The standard InChI is InChI=1S/C11H18N2O3/c1-10(2,3)16-9(15)13-6-4-5-11(13,7-12)8-14/h14H,4-6,8H2,1-3H3. The number of aliphatic hydroxyl groups excluding tert-OH is 1. The van der Waals surface area contributed by atoms with Crippen LogP contribution < -0.4 is 0 Å². The molecule has 5 heteroatoms. The van der Waals surface area contributed by atoms with Crippen LogP contribution in [0.25, 0.3) is 0 Å². The van der Waals surface area contributed by atoms with E-state index < -0.39 is 17.2 Å². The summed E-state index contributed by atoms with van der Waals surface area (Å²) in [5, 5.41) is 18.3. The summed E-state index contributed by atoms with van der Waals surface area (Å²) in [7, 11) is 0. The van der Waals surface area contributed by atoms with Gasteiger partial charge in [0.1, 0.15) is 5.60 Å². The molecule has 0 aliphatic carbocycles. The van der Waals surface area contributed by atoms with Crippen molar-refractivity contribution in [2.75, 3.05) is 13.2 Å². The van der Waals surface area contributed by atoms with Crippen molar-refractivity contribution in [3.63, 3.8) is 0 Å². The first kappa shape index (κ1) is 12.8. The van der Waals surface area contributed by atoms with Crippen molar-refractivity contribution in [3.8, 4) is 6.07 Å². The molecule has 1 saturated heterocycles. The maximum atomic E-state index is 11.8. The predicted octanol–water partition coefficient (Wildman–Crippen LogP) is 1.27. The number of amides is 1. The molecule has 0 radical (unpaired) electrons.